The highest BCUT2D eigenvalue weighted by Gasteiger charge is 2.21. The number of rotatable bonds is 5. The summed E-state index contributed by atoms with van der Waals surface area (Å²) in [5, 5.41) is 12.5. The number of amides is 1. The van der Waals surface area contributed by atoms with Gasteiger partial charge in [-0.05, 0) is 27.2 Å². The Morgan fingerprint density at radius 1 is 1.62 bits per heavy atom. The molecule has 0 aliphatic carbocycles. The molecule has 1 N–H and O–H groups in total. The van der Waals surface area contributed by atoms with Crippen LogP contribution in [0.2, 0.25) is 0 Å². The van der Waals surface area contributed by atoms with Crippen molar-refractivity contribution in [3.63, 3.8) is 0 Å². The van der Waals surface area contributed by atoms with Crippen molar-refractivity contribution in [2.45, 2.75) is 33.2 Å². The largest absolute Gasteiger partial charge is 0.396 e. The molecule has 0 radical (unpaired) electrons. The maximum absolute atomic E-state index is 12.0. The summed E-state index contributed by atoms with van der Waals surface area (Å²) < 4.78 is 4.87. The molecular formula is C11H18N2O3. The Balaban J connectivity index is 2.74. The maximum Gasteiger partial charge on any atom is 0.276 e. The molecule has 0 aliphatic rings. The molecule has 1 heterocycles. The molecule has 1 aromatic rings. The van der Waals surface area contributed by atoms with E-state index in [1.54, 1.807) is 17.9 Å². The molecule has 0 aromatic carbocycles. The van der Waals surface area contributed by atoms with Crippen molar-refractivity contribution in [3.05, 3.63) is 17.5 Å². The van der Waals surface area contributed by atoms with E-state index in [0.717, 1.165) is 0 Å². The summed E-state index contributed by atoms with van der Waals surface area (Å²) in [6, 6.07) is 1.70. The van der Waals surface area contributed by atoms with E-state index < -0.39 is 0 Å². The van der Waals surface area contributed by atoms with Crippen molar-refractivity contribution in [2.75, 3.05) is 13.2 Å². The molecule has 0 spiro atoms. The minimum Gasteiger partial charge on any atom is -0.396 e. The number of nitrogens with zero attached hydrogens (tertiary/aromatic N) is 2. The van der Waals surface area contributed by atoms with Crippen LogP contribution in [0.5, 0.6) is 0 Å². The van der Waals surface area contributed by atoms with Gasteiger partial charge >= 0.3 is 0 Å². The van der Waals surface area contributed by atoms with E-state index in [1.165, 1.54) is 0 Å². The van der Waals surface area contributed by atoms with E-state index in [1.807, 2.05) is 13.8 Å². The van der Waals surface area contributed by atoms with Gasteiger partial charge < -0.3 is 14.5 Å². The van der Waals surface area contributed by atoms with E-state index in [4.69, 9.17) is 9.63 Å². The lowest BCUT2D eigenvalue weighted by Gasteiger charge is -2.25. The van der Waals surface area contributed by atoms with Crippen LogP contribution in [0.15, 0.2) is 10.6 Å². The minimum absolute atomic E-state index is 0.0777. The number of hydrogen-bond donors (Lipinski definition) is 1. The highest BCUT2D eigenvalue weighted by atomic mass is 16.5. The standard InChI is InChI=1S/C11H18N2O3/c1-8(2)13(5-4-6-14)11(15)10-7-9(3)16-12-10/h7-8,14H,4-6H2,1-3H3. The van der Waals surface area contributed by atoms with Gasteiger partial charge in [0, 0.05) is 25.3 Å². The van der Waals surface area contributed by atoms with Gasteiger partial charge in [0.2, 0.25) is 0 Å². The molecule has 0 atom stereocenters. The van der Waals surface area contributed by atoms with Crippen LogP contribution in [0.25, 0.3) is 0 Å². The fraction of sp³-hybridized carbons (Fsp3) is 0.636. The number of carbonyl (C=O) groups is 1. The third-order valence-electron chi connectivity index (χ3n) is 2.29. The van der Waals surface area contributed by atoms with Crippen LogP contribution >= 0.6 is 0 Å². The lowest BCUT2D eigenvalue weighted by atomic mass is 10.2. The Kier molecular flexibility index (Phi) is 4.49. The number of aliphatic hydroxyl groups excluding tert-OH is 1. The summed E-state index contributed by atoms with van der Waals surface area (Å²) in [5.74, 6) is 0.467. The fourth-order valence-electron chi connectivity index (χ4n) is 1.45. The molecule has 0 saturated carbocycles. The molecular weight excluding hydrogens is 208 g/mol. The monoisotopic (exact) mass is 226 g/mol. The van der Waals surface area contributed by atoms with Crippen LogP contribution < -0.4 is 0 Å². The molecule has 0 aliphatic heterocycles. The molecule has 1 amide bonds. The van der Waals surface area contributed by atoms with Gasteiger partial charge in [0.05, 0.1) is 0 Å². The number of carbonyl (C=O) groups excluding carboxylic acids is 1. The van der Waals surface area contributed by atoms with E-state index in [-0.39, 0.29) is 18.6 Å². The van der Waals surface area contributed by atoms with E-state index >= 15 is 0 Å². The van der Waals surface area contributed by atoms with Gasteiger partial charge in [-0.3, -0.25) is 4.79 Å². The lowest BCUT2D eigenvalue weighted by molar-refractivity contribution is 0.0682. The second-order valence-electron chi connectivity index (χ2n) is 3.99. The molecule has 1 aromatic heterocycles. The molecule has 90 valence electrons. The van der Waals surface area contributed by atoms with Gasteiger partial charge in [-0.15, -0.1) is 0 Å². The Hall–Kier alpha value is -1.36. The molecule has 1 rings (SSSR count). The van der Waals surface area contributed by atoms with Gasteiger partial charge in [0.25, 0.3) is 5.91 Å². The first-order valence-corrected chi connectivity index (χ1v) is 5.41. The van der Waals surface area contributed by atoms with Gasteiger partial charge in [-0.2, -0.15) is 0 Å². The lowest BCUT2D eigenvalue weighted by Crippen LogP contribution is -2.38. The highest BCUT2D eigenvalue weighted by Crippen LogP contribution is 2.09. The first kappa shape index (κ1) is 12.7. The third-order valence-corrected chi connectivity index (χ3v) is 2.29. The SMILES string of the molecule is Cc1cc(C(=O)N(CCCO)C(C)C)no1. The summed E-state index contributed by atoms with van der Waals surface area (Å²) in [4.78, 5) is 13.7. The van der Waals surface area contributed by atoms with Crippen LogP contribution in [0.1, 0.15) is 36.5 Å². The zero-order valence-corrected chi connectivity index (χ0v) is 9.93. The van der Waals surface area contributed by atoms with E-state index in [2.05, 4.69) is 5.16 Å². The van der Waals surface area contributed by atoms with Crippen LogP contribution in [0.4, 0.5) is 0 Å². The zero-order chi connectivity index (χ0) is 12.1. The quantitative estimate of drug-likeness (QED) is 0.819. The van der Waals surface area contributed by atoms with Gasteiger partial charge in [0.1, 0.15) is 5.76 Å². The first-order chi connectivity index (χ1) is 7.56. The molecule has 0 fully saturated rings. The van der Waals surface area contributed by atoms with Crippen molar-refractivity contribution in [3.8, 4) is 0 Å². The average Bonchev–Trinajstić information content (AvgIpc) is 2.64. The zero-order valence-electron chi connectivity index (χ0n) is 9.93. The Bertz CT molecular complexity index is 347. The number of aryl methyl sites for hydroxylation is 1. The summed E-state index contributed by atoms with van der Waals surface area (Å²) in [7, 11) is 0. The fourth-order valence-corrected chi connectivity index (χ4v) is 1.45. The van der Waals surface area contributed by atoms with Crippen molar-refractivity contribution >= 4 is 5.91 Å². The van der Waals surface area contributed by atoms with Crippen molar-refractivity contribution < 1.29 is 14.4 Å². The molecule has 5 nitrogen and oxygen atoms in total. The molecule has 16 heavy (non-hydrogen) atoms. The number of aliphatic hydroxyl groups is 1. The van der Waals surface area contributed by atoms with Gasteiger partial charge in [-0.25, -0.2) is 0 Å². The van der Waals surface area contributed by atoms with Crippen LogP contribution in [0.3, 0.4) is 0 Å². The average molecular weight is 226 g/mol. The summed E-state index contributed by atoms with van der Waals surface area (Å²) in [5.41, 5.74) is 0.323. The second-order valence-corrected chi connectivity index (χ2v) is 3.99. The summed E-state index contributed by atoms with van der Waals surface area (Å²) in [6.45, 7) is 6.22. The molecule has 0 bridgehead atoms. The predicted molar refractivity (Wildman–Crippen MR) is 59.1 cm³/mol. The summed E-state index contributed by atoms with van der Waals surface area (Å²) >= 11 is 0. The maximum atomic E-state index is 12.0. The van der Waals surface area contributed by atoms with Crippen molar-refractivity contribution in [2.24, 2.45) is 0 Å². The highest BCUT2D eigenvalue weighted by molar-refractivity contribution is 5.92. The molecule has 0 unspecified atom stereocenters. The van der Waals surface area contributed by atoms with E-state index in [0.29, 0.717) is 24.4 Å². The van der Waals surface area contributed by atoms with Crippen LogP contribution in [-0.4, -0.2) is 40.3 Å². The first-order valence-electron chi connectivity index (χ1n) is 5.41. The Morgan fingerprint density at radius 2 is 2.31 bits per heavy atom. The predicted octanol–water partition coefficient (Wildman–Crippen LogP) is 1.22. The topological polar surface area (TPSA) is 66.6 Å². The van der Waals surface area contributed by atoms with Gasteiger partial charge in [0.15, 0.2) is 5.69 Å². The van der Waals surface area contributed by atoms with Gasteiger partial charge in [-0.1, -0.05) is 5.16 Å². The Labute approximate surface area is 95.0 Å². The Morgan fingerprint density at radius 3 is 2.75 bits per heavy atom. The second kappa shape index (κ2) is 5.65. The smallest absolute Gasteiger partial charge is 0.276 e. The minimum atomic E-state index is -0.152. The summed E-state index contributed by atoms with van der Waals surface area (Å²) in [6.07, 6.45) is 0.570. The number of aromatic nitrogens is 1. The van der Waals surface area contributed by atoms with Crippen LogP contribution in [-0.2, 0) is 0 Å². The number of hydrogen-bond acceptors (Lipinski definition) is 4. The van der Waals surface area contributed by atoms with Crippen molar-refractivity contribution in [1.29, 1.82) is 0 Å². The van der Waals surface area contributed by atoms with Crippen molar-refractivity contribution in [1.82, 2.24) is 10.1 Å². The third kappa shape index (κ3) is 3.06. The normalized spacial score (nSPS) is 10.8. The van der Waals surface area contributed by atoms with Crippen LogP contribution in [0, 0.1) is 6.92 Å². The molecule has 0 saturated heterocycles. The molecule has 5 heteroatoms. The van der Waals surface area contributed by atoms with E-state index in [9.17, 15) is 4.79 Å².